The van der Waals surface area contributed by atoms with Crippen LogP contribution in [0.15, 0.2) is 17.5 Å². The first-order chi connectivity index (χ1) is 7.75. The Labute approximate surface area is 100 Å². The number of rotatable bonds is 3. The van der Waals surface area contributed by atoms with Crippen molar-refractivity contribution in [3.05, 3.63) is 22.4 Å². The molecule has 1 atom stereocenters. The van der Waals surface area contributed by atoms with Gasteiger partial charge in [-0.15, -0.1) is 11.3 Å². The van der Waals surface area contributed by atoms with Crippen LogP contribution in [-0.2, 0) is 0 Å². The molecule has 0 saturated carbocycles. The molecule has 0 radical (unpaired) electrons. The smallest absolute Gasteiger partial charge is 0.261 e. The van der Waals surface area contributed by atoms with Gasteiger partial charge in [-0.05, 0) is 43.8 Å². The standard InChI is InChI=1S/C12H18N2OS/c1-14-6-2-4-10(9-14)8-13-12(15)11-5-3-7-16-11/h3,5,7,10H,2,4,6,8-9H2,1H3,(H,13,15). The molecular weight excluding hydrogens is 220 g/mol. The van der Waals surface area contributed by atoms with Gasteiger partial charge in [-0.3, -0.25) is 4.79 Å². The van der Waals surface area contributed by atoms with Crippen LogP contribution in [0.1, 0.15) is 22.5 Å². The van der Waals surface area contributed by atoms with Gasteiger partial charge in [0.25, 0.3) is 5.91 Å². The van der Waals surface area contributed by atoms with E-state index in [1.807, 2.05) is 17.5 Å². The summed E-state index contributed by atoms with van der Waals surface area (Å²) in [5.41, 5.74) is 0. The Hall–Kier alpha value is -0.870. The summed E-state index contributed by atoms with van der Waals surface area (Å²) in [6.07, 6.45) is 2.48. The van der Waals surface area contributed by atoms with E-state index in [4.69, 9.17) is 0 Å². The number of carbonyl (C=O) groups excluding carboxylic acids is 1. The van der Waals surface area contributed by atoms with E-state index in [1.165, 1.54) is 30.7 Å². The van der Waals surface area contributed by atoms with Crippen molar-refractivity contribution in [3.63, 3.8) is 0 Å². The van der Waals surface area contributed by atoms with E-state index in [-0.39, 0.29) is 5.91 Å². The maximum atomic E-state index is 11.7. The van der Waals surface area contributed by atoms with E-state index in [1.54, 1.807) is 0 Å². The maximum Gasteiger partial charge on any atom is 0.261 e. The minimum absolute atomic E-state index is 0.0724. The summed E-state index contributed by atoms with van der Waals surface area (Å²) in [5.74, 6) is 0.686. The summed E-state index contributed by atoms with van der Waals surface area (Å²) in [6, 6.07) is 3.78. The molecule has 1 saturated heterocycles. The van der Waals surface area contributed by atoms with Gasteiger partial charge in [0.05, 0.1) is 4.88 Å². The summed E-state index contributed by atoms with van der Waals surface area (Å²) in [7, 11) is 2.15. The Balaban J connectivity index is 1.77. The highest BCUT2D eigenvalue weighted by molar-refractivity contribution is 7.12. The number of nitrogens with zero attached hydrogens (tertiary/aromatic N) is 1. The van der Waals surface area contributed by atoms with Gasteiger partial charge in [-0.2, -0.15) is 0 Å². The second-order valence-corrected chi connectivity index (χ2v) is 5.41. The van der Waals surface area contributed by atoms with Crippen LogP contribution < -0.4 is 5.32 Å². The van der Waals surface area contributed by atoms with Crippen molar-refractivity contribution in [1.82, 2.24) is 10.2 Å². The summed E-state index contributed by atoms with van der Waals surface area (Å²) in [5, 5.41) is 4.95. The minimum atomic E-state index is 0.0724. The zero-order valence-corrected chi connectivity index (χ0v) is 10.4. The number of nitrogens with one attached hydrogen (secondary N) is 1. The fraction of sp³-hybridized carbons (Fsp3) is 0.583. The highest BCUT2D eigenvalue weighted by atomic mass is 32.1. The second-order valence-electron chi connectivity index (χ2n) is 4.46. The first-order valence-electron chi connectivity index (χ1n) is 5.76. The first kappa shape index (κ1) is 11.6. The second kappa shape index (κ2) is 5.46. The molecule has 1 amide bonds. The number of amides is 1. The molecule has 2 heterocycles. The van der Waals surface area contributed by atoms with Gasteiger partial charge in [0.15, 0.2) is 0 Å². The van der Waals surface area contributed by atoms with Crippen LogP contribution in [0, 0.1) is 5.92 Å². The topological polar surface area (TPSA) is 32.3 Å². The van der Waals surface area contributed by atoms with Crippen LogP contribution >= 0.6 is 11.3 Å². The highest BCUT2D eigenvalue weighted by Gasteiger charge is 2.18. The molecule has 0 spiro atoms. The summed E-state index contributed by atoms with van der Waals surface area (Å²) in [6.45, 7) is 3.10. The molecule has 16 heavy (non-hydrogen) atoms. The Morgan fingerprint density at radius 3 is 3.25 bits per heavy atom. The van der Waals surface area contributed by atoms with Gasteiger partial charge in [0.1, 0.15) is 0 Å². The van der Waals surface area contributed by atoms with Crippen molar-refractivity contribution in [2.45, 2.75) is 12.8 Å². The Kier molecular flexibility index (Phi) is 3.96. The van der Waals surface area contributed by atoms with Crippen molar-refractivity contribution < 1.29 is 4.79 Å². The van der Waals surface area contributed by atoms with Crippen molar-refractivity contribution >= 4 is 17.2 Å². The fourth-order valence-electron chi connectivity index (χ4n) is 2.17. The molecule has 88 valence electrons. The largest absolute Gasteiger partial charge is 0.351 e. The van der Waals surface area contributed by atoms with Gasteiger partial charge in [-0.1, -0.05) is 6.07 Å². The van der Waals surface area contributed by atoms with Crippen molar-refractivity contribution in [2.75, 3.05) is 26.7 Å². The molecule has 1 aromatic heterocycles. The van der Waals surface area contributed by atoms with Gasteiger partial charge >= 0.3 is 0 Å². The quantitative estimate of drug-likeness (QED) is 0.871. The molecule has 1 aliphatic heterocycles. The van der Waals surface area contributed by atoms with Gasteiger partial charge in [-0.25, -0.2) is 0 Å². The molecular formula is C12H18N2OS. The van der Waals surface area contributed by atoms with E-state index in [0.717, 1.165) is 18.0 Å². The number of thiophene rings is 1. The summed E-state index contributed by atoms with van der Waals surface area (Å²) < 4.78 is 0. The molecule has 0 aromatic carbocycles. The number of piperidine rings is 1. The molecule has 1 aromatic rings. The molecule has 0 aliphatic carbocycles. The van der Waals surface area contributed by atoms with Crippen molar-refractivity contribution in [2.24, 2.45) is 5.92 Å². The van der Waals surface area contributed by atoms with Gasteiger partial charge in [0.2, 0.25) is 0 Å². The first-order valence-corrected chi connectivity index (χ1v) is 6.64. The van der Waals surface area contributed by atoms with Crippen LogP contribution in [0.3, 0.4) is 0 Å². The molecule has 0 bridgehead atoms. The van der Waals surface area contributed by atoms with E-state index in [0.29, 0.717) is 5.92 Å². The lowest BCUT2D eigenvalue weighted by Gasteiger charge is -2.29. The summed E-state index contributed by atoms with van der Waals surface area (Å²) >= 11 is 1.50. The Morgan fingerprint density at radius 2 is 2.56 bits per heavy atom. The van der Waals surface area contributed by atoms with E-state index in [2.05, 4.69) is 17.3 Å². The highest BCUT2D eigenvalue weighted by Crippen LogP contribution is 2.14. The Bertz CT molecular complexity index is 337. The molecule has 1 fully saturated rings. The number of hydrogen-bond acceptors (Lipinski definition) is 3. The zero-order valence-electron chi connectivity index (χ0n) is 9.61. The lowest BCUT2D eigenvalue weighted by molar-refractivity contribution is 0.0941. The SMILES string of the molecule is CN1CCCC(CNC(=O)c2cccs2)C1. The third-order valence-electron chi connectivity index (χ3n) is 3.02. The van der Waals surface area contributed by atoms with Crippen LogP contribution in [0.4, 0.5) is 0 Å². The molecule has 1 aliphatic rings. The van der Waals surface area contributed by atoms with Crippen LogP contribution in [0.25, 0.3) is 0 Å². The molecule has 2 rings (SSSR count). The Morgan fingerprint density at radius 1 is 1.69 bits per heavy atom. The van der Waals surface area contributed by atoms with E-state index < -0.39 is 0 Å². The minimum Gasteiger partial charge on any atom is -0.351 e. The van der Waals surface area contributed by atoms with Crippen molar-refractivity contribution in [1.29, 1.82) is 0 Å². The van der Waals surface area contributed by atoms with Crippen LogP contribution in [0.5, 0.6) is 0 Å². The number of likely N-dealkylation sites (tertiary alicyclic amines) is 1. The fourth-order valence-corrected chi connectivity index (χ4v) is 2.81. The zero-order chi connectivity index (χ0) is 11.4. The van der Waals surface area contributed by atoms with Crippen LogP contribution in [0.2, 0.25) is 0 Å². The van der Waals surface area contributed by atoms with E-state index in [9.17, 15) is 4.79 Å². The molecule has 1 N–H and O–H groups in total. The molecule has 4 heteroatoms. The van der Waals surface area contributed by atoms with Gasteiger partial charge < -0.3 is 10.2 Å². The maximum absolute atomic E-state index is 11.7. The number of hydrogen-bond donors (Lipinski definition) is 1. The third-order valence-corrected chi connectivity index (χ3v) is 3.89. The summed E-state index contributed by atoms with van der Waals surface area (Å²) in [4.78, 5) is 14.9. The average molecular weight is 238 g/mol. The van der Waals surface area contributed by atoms with E-state index >= 15 is 0 Å². The predicted molar refractivity (Wildman–Crippen MR) is 66.9 cm³/mol. The van der Waals surface area contributed by atoms with Crippen molar-refractivity contribution in [3.8, 4) is 0 Å². The normalized spacial score (nSPS) is 21.9. The lowest BCUT2D eigenvalue weighted by Crippen LogP contribution is -2.38. The lowest BCUT2D eigenvalue weighted by atomic mass is 9.98. The average Bonchev–Trinajstić information content (AvgIpc) is 2.79. The molecule has 1 unspecified atom stereocenters. The monoisotopic (exact) mass is 238 g/mol. The third kappa shape index (κ3) is 3.06. The number of carbonyl (C=O) groups is 1. The predicted octanol–water partition coefficient (Wildman–Crippen LogP) is 1.82. The molecule has 3 nitrogen and oxygen atoms in total. The van der Waals surface area contributed by atoms with Crippen LogP contribution in [-0.4, -0.2) is 37.5 Å². The van der Waals surface area contributed by atoms with Gasteiger partial charge in [0, 0.05) is 13.1 Å².